The molecule has 0 fully saturated rings. The summed E-state index contributed by atoms with van der Waals surface area (Å²) in [6.45, 7) is 2.05. The molecule has 0 aromatic heterocycles. The molecule has 1 aromatic rings. The summed E-state index contributed by atoms with van der Waals surface area (Å²) in [5, 5.41) is 0. The zero-order valence-corrected chi connectivity index (χ0v) is 13.5. The van der Waals surface area contributed by atoms with Gasteiger partial charge in [0.25, 0.3) is 0 Å². The monoisotopic (exact) mass is 317 g/mol. The molecule has 0 radical (unpaired) electrons. The third kappa shape index (κ3) is 4.72. The molecule has 0 bridgehead atoms. The van der Waals surface area contributed by atoms with E-state index in [9.17, 15) is 4.79 Å². The smallest absolute Gasteiger partial charge is 0.211 e. The minimum atomic E-state index is 0. The van der Waals surface area contributed by atoms with Gasteiger partial charge in [0.2, 0.25) is 5.78 Å². The minimum absolute atomic E-state index is 0. The van der Waals surface area contributed by atoms with E-state index in [1.165, 1.54) is 5.69 Å². The summed E-state index contributed by atoms with van der Waals surface area (Å²) in [4.78, 5) is 13.9. The lowest BCUT2D eigenvalue weighted by atomic mass is 10.1. The molecule has 0 amide bonds. The first-order valence-electron chi connectivity index (χ1n) is 5.27. The standard InChI is InChI=1S/C13H20NOS.BrH/c1-10-8-11(13(15)9-16(4)5)6-7-12(10)14(2)3;/h6-8H,9H2,1-5H3;1H/q+1;/p-1. The summed E-state index contributed by atoms with van der Waals surface area (Å²) in [6.07, 6.45) is 4.19. The van der Waals surface area contributed by atoms with E-state index in [1.807, 2.05) is 39.2 Å². The van der Waals surface area contributed by atoms with Gasteiger partial charge in [0.1, 0.15) is 0 Å². The first-order valence-corrected chi connectivity index (χ1v) is 7.48. The van der Waals surface area contributed by atoms with Crippen LogP contribution in [0.25, 0.3) is 0 Å². The van der Waals surface area contributed by atoms with Crippen LogP contribution < -0.4 is 21.9 Å². The van der Waals surface area contributed by atoms with Gasteiger partial charge in [-0.15, -0.1) is 0 Å². The number of anilines is 1. The first-order chi connectivity index (χ1) is 7.41. The van der Waals surface area contributed by atoms with Crippen molar-refractivity contribution in [3.8, 4) is 0 Å². The van der Waals surface area contributed by atoms with Crippen molar-refractivity contribution in [3.05, 3.63) is 29.3 Å². The van der Waals surface area contributed by atoms with E-state index < -0.39 is 0 Å². The largest absolute Gasteiger partial charge is 1.00 e. The molecule has 0 heterocycles. The number of Topliss-reactive ketones (excluding diaryl/α,β-unsaturated/α-hetero) is 1. The zero-order valence-electron chi connectivity index (χ0n) is 11.1. The fourth-order valence-electron chi connectivity index (χ4n) is 1.68. The Morgan fingerprint density at radius 1 is 1.29 bits per heavy atom. The van der Waals surface area contributed by atoms with Crippen LogP contribution in [0.5, 0.6) is 0 Å². The third-order valence-electron chi connectivity index (χ3n) is 2.42. The number of benzene rings is 1. The van der Waals surface area contributed by atoms with Gasteiger partial charge in [-0.2, -0.15) is 0 Å². The van der Waals surface area contributed by atoms with Gasteiger partial charge in [-0.05, 0) is 41.6 Å². The van der Waals surface area contributed by atoms with Crippen LogP contribution in [0.4, 0.5) is 5.69 Å². The number of carbonyl (C=O) groups excluding carboxylic acids is 1. The topological polar surface area (TPSA) is 20.3 Å². The van der Waals surface area contributed by atoms with Gasteiger partial charge in [0, 0.05) is 25.3 Å². The Bertz CT molecular complexity index is 391. The zero-order chi connectivity index (χ0) is 12.3. The number of carbonyl (C=O) groups is 1. The van der Waals surface area contributed by atoms with Crippen molar-refractivity contribution in [2.24, 2.45) is 0 Å². The Kier molecular flexibility index (Phi) is 6.87. The number of halogens is 1. The van der Waals surface area contributed by atoms with Crippen molar-refractivity contribution >= 4 is 22.4 Å². The van der Waals surface area contributed by atoms with E-state index in [4.69, 9.17) is 0 Å². The van der Waals surface area contributed by atoms with E-state index in [2.05, 4.69) is 17.4 Å². The molecule has 17 heavy (non-hydrogen) atoms. The van der Waals surface area contributed by atoms with Crippen LogP contribution in [0.3, 0.4) is 0 Å². The molecule has 4 heteroatoms. The molecule has 0 unspecified atom stereocenters. The number of rotatable bonds is 4. The molecule has 0 aliphatic rings. The van der Waals surface area contributed by atoms with Gasteiger partial charge in [0.05, 0.1) is 12.5 Å². The predicted molar refractivity (Wildman–Crippen MR) is 73.9 cm³/mol. The highest BCUT2D eigenvalue weighted by atomic mass is 79.9. The maximum absolute atomic E-state index is 11.9. The molecule has 1 rings (SSSR count). The maximum Gasteiger partial charge on any atom is 0.211 e. The normalized spacial score (nSPS) is 10.0. The van der Waals surface area contributed by atoms with Crippen LogP contribution in [0.15, 0.2) is 18.2 Å². The molecule has 96 valence electrons. The quantitative estimate of drug-likeness (QED) is 0.531. The van der Waals surface area contributed by atoms with Gasteiger partial charge in [-0.3, -0.25) is 4.79 Å². The van der Waals surface area contributed by atoms with Crippen LogP contribution in [0.1, 0.15) is 15.9 Å². The predicted octanol–water partition coefficient (Wildman–Crippen LogP) is -0.874. The molecule has 0 aliphatic carbocycles. The summed E-state index contributed by atoms with van der Waals surface area (Å²) in [5.74, 6) is 0.905. The van der Waals surface area contributed by atoms with E-state index >= 15 is 0 Å². The van der Waals surface area contributed by atoms with Crippen molar-refractivity contribution in [2.75, 3.05) is 37.3 Å². The SMILES string of the molecule is Cc1cc(C(=O)C[S+](C)C)ccc1N(C)C.[Br-]. The van der Waals surface area contributed by atoms with Gasteiger partial charge in [-0.25, -0.2) is 0 Å². The highest BCUT2D eigenvalue weighted by molar-refractivity contribution is 7.96. The summed E-state index contributed by atoms with van der Waals surface area (Å²) >= 11 is 0. The molecular formula is C13H20BrNOS. The fraction of sp³-hybridized carbons (Fsp3) is 0.462. The fourth-order valence-corrected chi connectivity index (χ4v) is 2.37. The second-order valence-corrected chi connectivity index (χ2v) is 6.71. The van der Waals surface area contributed by atoms with E-state index in [-0.39, 0.29) is 33.7 Å². The Hall–Kier alpha value is -0.480. The molecule has 0 aliphatic heterocycles. The number of aryl methyl sites for hydroxylation is 1. The Morgan fingerprint density at radius 2 is 1.88 bits per heavy atom. The van der Waals surface area contributed by atoms with Crippen molar-refractivity contribution in [2.45, 2.75) is 6.92 Å². The van der Waals surface area contributed by atoms with E-state index in [0.717, 1.165) is 11.1 Å². The van der Waals surface area contributed by atoms with Crippen LogP contribution in [-0.2, 0) is 10.9 Å². The second kappa shape index (κ2) is 7.07. The molecule has 0 saturated carbocycles. The highest BCUT2D eigenvalue weighted by Crippen LogP contribution is 2.19. The summed E-state index contributed by atoms with van der Waals surface area (Å²) < 4.78 is 0. The third-order valence-corrected chi connectivity index (χ3v) is 3.26. The molecule has 0 saturated heterocycles. The Morgan fingerprint density at radius 3 is 2.29 bits per heavy atom. The van der Waals surface area contributed by atoms with Crippen molar-refractivity contribution in [1.29, 1.82) is 0 Å². The lowest BCUT2D eigenvalue weighted by Gasteiger charge is -2.15. The summed E-state index contributed by atoms with van der Waals surface area (Å²) in [5.41, 5.74) is 3.16. The maximum atomic E-state index is 11.9. The lowest BCUT2D eigenvalue weighted by Crippen LogP contribution is -3.00. The Balaban J connectivity index is 0.00000256. The average molecular weight is 318 g/mol. The van der Waals surface area contributed by atoms with Crippen molar-refractivity contribution in [1.82, 2.24) is 0 Å². The van der Waals surface area contributed by atoms with E-state index in [0.29, 0.717) is 5.75 Å². The van der Waals surface area contributed by atoms with E-state index in [1.54, 1.807) is 0 Å². The molecule has 0 spiro atoms. The average Bonchev–Trinajstić information content (AvgIpc) is 2.15. The van der Waals surface area contributed by atoms with Crippen LogP contribution in [0, 0.1) is 6.92 Å². The van der Waals surface area contributed by atoms with Gasteiger partial charge in [-0.1, -0.05) is 0 Å². The van der Waals surface area contributed by atoms with Crippen molar-refractivity contribution < 1.29 is 21.8 Å². The summed E-state index contributed by atoms with van der Waals surface area (Å²) in [6, 6.07) is 5.94. The number of ketones is 1. The van der Waals surface area contributed by atoms with Crippen LogP contribution in [-0.4, -0.2) is 38.1 Å². The van der Waals surface area contributed by atoms with Crippen molar-refractivity contribution in [3.63, 3.8) is 0 Å². The van der Waals surface area contributed by atoms with Gasteiger partial charge in [0.15, 0.2) is 5.75 Å². The van der Waals surface area contributed by atoms with Gasteiger partial charge >= 0.3 is 0 Å². The highest BCUT2D eigenvalue weighted by Gasteiger charge is 2.14. The molecule has 0 atom stereocenters. The molecule has 1 aromatic carbocycles. The second-order valence-electron chi connectivity index (χ2n) is 4.45. The molecular weight excluding hydrogens is 298 g/mol. The lowest BCUT2D eigenvalue weighted by molar-refractivity contribution is -0.0000114. The number of hydrogen-bond acceptors (Lipinski definition) is 2. The first kappa shape index (κ1) is 16.5. The minimum Gasteiger partial charge on any atom is -1.00 e. The van der Waals surface area contributed by atoms with Gasteiger partial charge < -0.3 is 21.9 Å². The molecule has 2 nitrogen and oxygen atoms in total. The Labute approximate surface area is 118 Å². The van der Waals surface area contributed by atoms with Crippen LogP contribution >= 0.6 is 0 Å². The number of hydrogen-bond donors (Lipinski definition) is 0. The van der Waals surface area contributed by atoms with Crippen LogP contribution in [0.2, 0.25) is 0 Å². The molecule has 0 N–H and O–H groups in total. The number of nitrogens with zero attached hydrogens (tertiary/aromatic N) is 1. The summed E-state index contributed by atoms with van der Waals surface area (Å²) in [7, 11) is 4.20.